The Labute approximate surface area is 132 Å². The molecule has 4 rings (SSSR count). The molecule has 1 aliphatic carbocycles. The van der Waals surface area contributed by atoms with Gasteiger partial charge in [0.05, 0.1) is 6.54 Å². The number of aromatic nitrogens is 3. The zero-order chi connectivity index (χ0) is 15.1. The third-order valence-electron chi connectivity index (χ3n) is 4.26. The zero-order valence-electron chi connectivity index (χ0n) is 12.1. The van der Waals surface area contributed by atoms with Crippen molar-refractivity contribution in [1.29, 1.82) is 0 Å². The number of hydrogen-bond donors (Lipinski definition) is 0. The van der Waals surface area contributed by atoms with Gasteiger partial charge in [0.2, 0.25) is 0 Å². The van der Waals surface area contributed by atoms with Crippen molar-refractivity contribution in [2.45, 2.75) is 31.2 Å². The highest BCUT2D eigenvalue weighted by molar-refractivity contribution is 8.00. The van der Waals surface area contributed by atoms with Crippen LogP contribution in [0.4, 0.5) is 8.78 Å². The molecule has 1 aromatic carbocycles. The van der Waals surface area contributed by atoms with Crippen LogP contribution in [0.25, 0.3) is 11.4 Å². The lowest BCUT2D eigenvalue weighted by atomic mass is 10.1. The van der Waals surface area contributed by atoms with Crippen molar-refractivity contribution < 1.29 is 8.78 Å². The fourth-order valence-corrected chi connectivity index (χ4v) is 3.53. The molecule has 116 valence electrons. The lowest BCUT2D eigenvalue weighted by Gasteiger charge is -2.21. The van der Waals surface area contributed by atoms with Crippen molar-refractivity contribution in [2.24, 2.45) is 0 Å². The summed E-state index contributed by atoms with van der Waals surface area (Å²) in [5.74, 6) is 4.04. The minimum atomic E-state index is -0.480. The lowest BCUT2D eigenvalue weighted by molar-refractivity contribution is 0.427. The number of halogens is 2. The van der Waals surface area contributed by atoms with E-state index in [9.17, 15) is 8.78 Å². The summed E-state index contributed by atoms with van der Waals surface area (Å²) in [6.45, 7) is -0.287. The van der Waals surface area contributed by atoms with Gasteiger partial charge < -0.3 is 0 Å². The average Bonchev–Trinajstić information content (AvgIpc) is 3.21. The molecule has 1 aromatic heterocycles. The van der Waals surface area contributed by atoms with Crippen molar-refractivity contribution in [2.75, 3.05) is 18.2 Å². The highest BCUT2D eigenvalue weighted by atomic mass is 32.2. The first-order valence-corrected chi connectivity index (χ1v) is 8.80. The Hall–Kier alpha value is -1.43. The van der Waals surface area contributed by atoms with Gasteiger partial charge in [-0.3, -0.25) is 0 Å². The molecule has 2 heterocycles. The molecular weight excluding hydrogens is 304 g/mol. The number of hydrogen-bond acceptors (Lipinski definition) is 3. The molecule has 2 aliphatic rings. The van der Waals surface area contributed by atoms with Gasteiger partial charge in [-0.05, 0) is 42.5 Å². The van der Waals surface area contributed by atoms with Gasteiger partial charge in [-0.25, -0.2) is 18.4 Å². The third-order valence-corrected chi connectivity index (χ3v) is 5.54. The highest BCUT2D eigenvalue weighted by Gasteiger charge is 2.29. The van der Waals surface area contributed by atoms with Crippen LogP contribution in [-0.4, -0.2) is 32.9 Å². The quantitative estimate of drug-likeness (QED) is 0.840. The van der Waals surface area contributed by atoms with Gasteiger partial charge in [0.15, 0.2) is 11.6 Å². The second-order valence-corrected chi connectivity index (χ2v) is 7.03. The number of rotatable bonds is 5. The van der Waals surface area contributed by atoms with E-state index in [1.165, 1.54) is 6.07 Å². The van der Waals surface area contributed by atoms with E-state index in [4.69, 9.17) is 0 Å². The molecule has 1 saturated heterocycles. The summed E-state index contributed by atoms with van der Waals surface area (Å²) in [7, 11) is 0. The second kappa shape index (κ2) is 5.65. The Kier molecular flexibility index (Phi) is 3.64. The molecule has 0 atom stereocenters. The van der Waals surface area contributed by atoms with Crippen molar-refractivity contribution in [3.63, 3.8) is 0 Å². The fourth-order valence-electron chi connectivity index (χ4n) is 2.76. The SMILES string of the molecule is FCCn1nc(C2CSC2)nc1-c1ccc(F)c(C2CC2)c1. The maximum absolute atomic E-state index is 13.9. The predicted octanol–water partition coefficient (Wildman–Crippen LogP) is 3.76. The van der Waals surface area contributed by atoms with Crippen LogP contribution in [0.1, 0.15) is 36.1 Å². The Balaban J connectivity index is 1.73. The minimum Gasteiger partial charge on any atom is -0.249 e. The summed E-state index contributed by atoms with van der Waals surface area (Å²) in [5, 5.41) is 4.47. The van der Waals surface area contributed by atoms with Crippen LogP contribution in [0.3, 0.4) is 0 Å². The van der Waals surface area contributed by atoms with E-state index in [1.54, 1.807) is 10.7 Å². The van der Waals surface area contributed by atoms with E-state index in [0.717, 1.165) is 41.3 Å². The standard InChI is InChI=1S/C16H17F2N3S/c17-5-6-21-16(19-15(20-21)12-8-22-9-12)11-3-4-14(18)13(7-11)10-1-2-10/h3-4,7,10,12H,1-2,5-6,8-9H2. The third kappa shape index (κ3) is 2.53. The normalized spacial score (nSPS) is 18.5. The molecule has 0 unspecified atom stereocenters. The van der Waals surface area contributed by atoms with Crippen molar-refractivity contribution in [3.05, 3.63) is 35.4 Å². The molecule has 0 N–H and O–H groups in total. The molecule has 3 nitrogen and oxygen atoms in total. The first-order chi connectivity index (χ1) is 10.8. The molecule has 0 spiro atoms. The van der Waals surface area contributed by atoms with Gasteiger partial charge in [0.1, 0.15) is 12.5 Å². The van der Waals surface area contributed by atoms with Crippen LogP contribution < -0.4 is 0 Å². The molecule has 1 saturated carbocycles. The number of nitrogens with zero attached hydrogens (tertiary/aromatic N) is 3. The maximum Gasteiger partial charge on any atom is 0.158 e. The van der Waals surface area contributed by atoms with Gasteiger partial charge in [0.25, 0.3) is 0 Å². The van der Waals surface area contributed by atoms with E-state index in [0.29, 0.717) is 17.7 Å². The van der Waals surface area contributed by atoms with Gasteiger partial charge >= 0.3 is 0 Å². The summed E-state index contributed by atoms with van der Waals surface area (Å²) < 4.78 is 28.4. The van der Waals surface area contributed by atoms with Crippen LogP contribution in [0.15, 0.2) is 18.2 Å². The number of alkyl halides is 1. The molecule has 0 radical (unpaired) electrons. The molecular formula is C16H17F2N3S. The number of benzene rings is 1. The number of thioether (sulfide) groups is 1. The average molecular weight is 321 g/mol. The van der Waals surface area contributed by atoms with E-state index >= 15 is 0 Å². The monoisotopic (exact) mass is 321 g/mol. The predicted molar refractivity (Wildman–Crippen MR) is 83.4 cm³/mol. The molecule has 6 heteroatoms. The topological polar surface area (TPSA) is 30.7 Å². The maximum atomic E-state index is 13.9. The van der Waals surface area contributed by atoms with Gasteiger partial charge in [-0.15, -0.1) is 0 Å². The van der Waals surface area contributed by atoms with Gasteiger partial charge in [0, 0.05) is 23.0 Å². The van der Waals surface area contributed by atoms with E-state index in [-0.39, 0.29) is 12.4 Å². The molecule has 0 bridgehead atoms. The minimum absolute atomic E-state index is 0.154. The summed E-state index contributed by atoms with van der Waals surface area (Å²) in [6, 6.07) is 5.08. The van der Waals surface area contributed by atoms with Crippen LogP contribution in [0.5, 0.6) is 0 Å². The summed E-state index contributed by atoms with van der Waals surface area (Å²) in [5.41, 5.74) is 1.59. The molecule has 2 aromatic rings. The first kappa shape index (κ1) is 14.2. The van der Waals surface area contributed by atoms with Crippen LogP contribution in [0.2, 0.25) is 0 Å². The first-order valence-electron chi connectivity index (χ1n) is 7.64. The number of aryl methyl sites for hydroxylation is 1. The van der Waals surface area contributed by atoms with Gasteiger partial charge in [-0.1, -0.05) is 0 Å². The Morgan fingerprint density at radius 3 is 2.68 bits per heavy atom. The Morgan fingerprint density at radius 2 is 2.05 bits per heavy atom. The van der Waals surface area contributed by atoms with Gasteiger partial charge in [-0.2, -0.15) is 16.9 Å². The van der Waals surface area contributed by atoms with Crippen LogP contribution >= 0.6 is 11.8 Å². The Morgan fingerprint density at radius 1 is 1.23 bits per heavy atom. The van der Waals surface area contributed by atoms with Crippen molar-refractivity contribution in [1.82, 2.24) is 14.8 Å². The summed E-state index contributed by atoms with van der Waals surface area (Å²) >= 11 is 1.87. The molecule has 1 aliphatic heterocycles. The molecule has 22 heavy (non-hydrogen) atoms. The van der Waals surface area contributed by atoms with Crippen molar-refractivity contribution >= 4 is 11.8 Å². The van der Waals surface area contributed by atoms with Crippen LogP contribution in [-0.2, 0) is 6.54 Å². The second-order valence-electron chi connectivity index (χ2n) is 5.95. The van der Waals surface area contributed by atoms with Crippen molar-refractivity contribution in [3.8, 4) is 11.4 Å². The van der Waals surface area contributed by atoms with E-state index < -0.39 is 6.67 Å². The smallest absolute Gasteiger partial charge is 0.158 e. The summed E-state index contributed by atoms with van der Waals surface area (Å²) in [4.78, 5) is 4.62. The fraction of sp³-hybridized carbons (Fsp3) is 0.500. The Bertz CT molecular complexity index is 693. The van der Waals surface area contributed by atoms with Crippen LogP contribution in [0, 0.1) is 5.82 Å². The molecule has 2 fully saturated rings. The molecule has 0 amide bonds. The van der Waals surface area contributed by atoms with E-state index in [2.05, 4.69) is 10.1 Å². The lowest BCUT2D eigenvalue weighted by Crippen LogP contribution is -2.17. The zero-order valence-corrected chi connectivity index (χ0v) is 13.0. The highest BCUT2D eigenvalue weighted by Crippen LogP contribution is 2.42. The van der Waals surface area contributed by atoms with E-state index in [1.807, 2.05) is 17.8 Å². The summed E-state index contributed by atoms with van der Waals surface area (Å²) in [6.07, 6.45) is 2.09. The largest absolute Gasteiger partial charge is 0.249 e.